The van der Waals surface area contributed by atoms with Crippen LogP contribution in [0.5, 0.6) is 0 Å². The molecule has 0 bridgehead atoms. The van der Waals surface area contributed by atoms with E-state index in [9.17, 15) is 0 Å². The zero-order valence-electron chi connectivity index (χ0n) is 3.74. The molecular weight excluding hydrogens is 117 g/mol. The van der Waals surface area contributed by atoms with Crippen LogP contribution in [0.2, 0.25) is 0 Å². The first-order valence-corrected chi connectivity index (χ1v) is 3.03. The lowest BCUT2D eigenvalue weighted by Crippen LogP contribution is -1.98. The molecule has 0 heterocycles. The summed E-state index contributed by atoms with van der Waals surface area (Å²) in [7, 11) is -1.77. The minimum atomic E-state index is -1.77. The number of hydrogen-bond acceptors (Lipinski definition) is 4. The molecule has 0 aromatic carbocycles. The van der Waals surface area contributed by atoms with Crippen LogP contribution in [0.25, 0.3) is 0 Å². The number of rotatable bonds is 3. The second kappa shape index (κ2) is 4.43. The molecule has 0 aliphatic rings. The van der Waals surface area contributed by atoms with Crippen molar-refractivity contribution in [2.45, 2.75) is 0 Å². The number of hydrogen-bond donors (Lipinski definition) is 3. The maximum absolute atomic E-state index is 8.19. The highest BCUT2D eigenvalue weighted by Crippen LogP contribution is 2.17. The molecule has 0 fully saturated rings. The highest BCUT2D eigenvalue weighted by atomic mass is 31.2. The quantitative estimate of drug-likeness (QED) is 0.430. The molecule has 0 amide bonds. The van der Waals surface area contributed by atoms with Gasteiger partial charge in [-0.05, 0) is 0 Å². The van der Waals surface area contributed by atoms with Crippen LogP contribution in [-0.4, -0.2) is 23.2 Å². The molecule has 4 N–H and O–H groups in total. The Morgan fingerprint density at radius 1 is 1.71 bits per heavy atom. The third-order valence-corrected chi connectivity index (χ3v) is 0.762. The van der Waals surface area contributed by atoms with Crippen LogP contribution in [0.3, 0.4) is 0 Å². The van der Waals surface area contributed by atoms with Crippen molar-refractivity contribution < 1.29 is 14.5 Å². The molecular formula is C2H8NO3P. The van der Waals surface area contributed by atoms with Crippen molar-refractivity contribution >= 4 is 8.53 Å². The SMILES string of the molecule is NP(O)OCCO. The minimum absolute atomic E-state index is 0.101. The summed E-state index contributed by atoms with van der Waals surface area (Å²) in [5.41, 5.74) is 4.77. The van der Waals surface area contributed by atoms with E-state index in [1.54, 1.807) is 0 Å². The number of nitrogens with two attached hydrogens (primary N) is 1. The molecule has 44 valence electrons. The molecule has 0 aliphatic heterocycles. The maximum atomic E-state index is 8.19. The Bertz CT molecular complexity index is 41.9. The van der Waals surface area contributed by atoms with Crippen molar-refractivity contribution in [3.8, 4) is 0 Å². The minimum Gasteiger partial charge on any atom is -0.394 e. The summed E-state index contributed by atoms with van der Waals surface area (Å²) >= 11 is 0. The smallest absolute Gasteiger partial charge is 0.250 e. The summed E-state index contributed by atoms with van der Waals surface area (Å²) in [5.74, 6) is 0. The molecule has 0 aliphatic carbocycles. The summed E-state index contributed by atoms with van der Waals surface area (Å²) in [6.07, 6.45) is 0. The molecule has 1 unspecified atom stereocenters. The summed E-state index contributed by atoms with van der Waals surface area (Å²) in [6.45, 7) is 0.00922. The van der Waals surface area contributed by atoms with Crippen LogP contribution in [0.1, 0.15) is 0 Å². The lowest BCUT2D eigenvalue weighted by Gasteiger charge is -1.99. The van der Waals surface area contributed by atoms with E-state index in [1.807, 2.05) is 0 Å². The van der Waals surface area contributed by atoms with Crippen molar-refractivity contribution in [3.05, 3.63) is 0 Å². The van der Waals surface area contributed by atoms with Gasteiger partial charge in [-0.25, -0.2) is 0 Å². The highest BCUT2D eigenvalue weighted by molar-refractivity contribution is 7.43. The fraction of sp³-hybridized carbons (Fsp3) is 1.00. The van der Waals surface area contributed by atoms with Crippen molar-refractivity contribution in [2.24, 2.45) is 5.50 Å². The molecule has 0 saturated carbocycles. The van der Waals surface area contributed by atoms with Crippen molar-refractivity contribution in [1.82, 2.24) is 0 Å². The van der Waals surface area contributed by atoms with E-state index in [-0.39, 0.29) is 13.2 Å². The van der Waals surface area contributed by atoms with E-state index in [2.05, 4.69) is 4.52 Å². The zero-order chi connectivity index (χ0) is 5.70. The predicted octanol–water partition coefficient (Wildman–Crippen LogP) is -0.827. The lowest BCUT2D eigenvalue weighted by molar-refractivity contribution is 0.201. The van der Waals surface area contributed by atoms with Gasteiger partial charge in [0.1, 0.15) is 0 Å². The Balaban J connectivity index is 2.68. The van der Waals surface area contributed by atoms with Gasteiger partial charge in [0.05, 0.1) is 13.2 Å². The summed E-state index contributed by atoms with van der Waals surface area (Å²) in [6, 6.07) is 0. The van der Waals surface area contributed by atoms with Gasteiger partial charge in [-0.2, -0.15) is 0 Å². The first kappa shape index (κ1) is 7.27. The van der Waals surface area contributed by atoms with Crippen LogP contribution in [0.4, 0.5) is 0 Å². The summed E-state index contributed by atoms with van der Waals surface area (Å²) < 4.78 is 4.34. The van der Waals surface area contributed by atoms with Gasteiger partial charge in [-0.15, -0.1) is 0 Å². The molecule has 0 spiro atoms. The molecule has 7 heavy (non-hydrogen) atoms. The molecule has 0 aromatic rings. The monoisotopic (exact) mass is 125 g/mol. The Labute approximate surface area is 42.9 Å². The Hall–Kier alpha value is 0.270. The lowest BCUT2D eigenvalue weighted by atomic mass is 10.8. The summed E-state index contributed by atoms with van der Waals surface area (Å²) in [4.78, 5) is 8.19. The molecule has 0 rings (SSSR count). The van der Waals surface area contributed by atoms with Crippen molar-refractivity contribution in [2.75, 3.05) is 13.2 Å². The third-order valence-electron chi connectivity index (χ3n) is 0.315. The van der Waals surface area contributed by atoms with Crippen molar-refractivity contribution in [1.29, 1.82) is 0 Å². The van der Waals surface area contributed by atoms with Gasteiger partial charge < -0.3 is 14.5 Å². The topological polar surface area (TPSA) is 75.7 Å². The van der Waals surface area contributed by atoms with Gasteiger partial charge in [-0.3, -0.25) is 5.50 Å². The highest BCUT2D eigenvalue weighted by Gasteiger charge is 1.91. The molecule has 0 aromatic heterocycles. The molecule has 0 radical (unpaired) electrons. The van der Waals surface area contributed by atoms with Gasteiger partial charge in [0.15, 0.2) is 0 Å². The fourth-order valence-electron chi connectivity index (χ4n) is 0.134. The van der Waals surface area contributed by atoms with E-state index < -0.39 is 8.53 Å². The van der Waals surface area contributed by atoms with Gasteiger partial charge >= 0.3 is 0 Å². The fourth-order valence-corrected chi connectivity index (χ4v) is 0.403. The average Bonchev–Trinajstić information content (AvgIpc) is 1.61. The Morgan fingerprint density at radius 2 is 2.29 bits per heavy atom. The number of aliphatic hydroxyl groups excluding tert-OH is 1. The van der Waals surface area contributed by atoms with Crippen LogP contribution in [0.15, 0.2) is 0 Å². The predicted molar refractivity (Wildman–Crippen MR) is 26.4 cm³/mol. The van der Waals surface area contributed by atoms with Gasteiger partial charge in [-0.1, -0.05) is 0 Å². The van der Waals surface area contributed by atoms with E-state index in [1.165, 1.54) is 0 Å². The third kappa shape index (κ3) is 6.27. The average molecular weight is 125 g/mol. The Morgan fingerprint density at radius 3 is 2.43 bits per heavy atom. The maximum Gasteiger partial charge on any atom is 0.250 e. The standard InChI is InChI=1S/C2H8NO3P/c3-7(5)6-2-1-4/h4-5H,1-3H2. The van der Waals surface area contributed by atoms with Gasteiger partial charge in [0, 0.05) is 0 Å². The van der Waals surface area contributed by atoms with E-state index in [0.29, 0.717) is 0 Å². The molecule has 4 nitrogen and oxygen atoms in total. The largest absolute Gasteiger partial charge is 0.394 e. The van der Waals surface area contributed by atoms with E-state index in [4.69, 9.17) is 15.5 Å². The van der Waals surface area contributed by atoms with Gasteiger partial charge in [0.25, 0.3) is 0 Å². The first-order valence-electron chi connectivity index (χ1n) is 1.75. The van der Waals surface area contributed by atoms with Crippen LogP contribution < -0.4 is 5.50 Å². The Kier molecular flexibility index (Phi) is 4.60. The van der Waals surface area contributed by atoms with Gasteiger partial charge in [0.2, 0.25) is 8.53 Å². The van der Waals surface area contributed by atoms with Crippen molar-refractivity contribution in [3.63, 3.8) is 0 Å². The second-order valence-electron chi connectivity index (χ2n) is 0.859. The van der Waals surface area contributed by atoms with Crippen LogP contribution in [-0.2, 0) is 4.52 Å². The van der Waals surface area contributed by atoms with Crippen LogP contribution in [0, 0.1) is 0 Å². The zero-order valence-corrected chi connectivity index (χ0v) is 4.64. The number of aliphatic hydroxyl groups is 1. The molecule has 1 atom stereocenters. The summed E-state index contributed by atoms with van der Waals surface area (Å²) in [5, 5.41) is 8.03. The molecule has 0 saturated heterocycles. The first-order chi connectivity index (χ1) is 3.27. The second-order valence-corrected chi connectivity index (χ2v) is 1.72. The van der Waals surface area contributed by atoms with Crippen LogP contribution >= 0.6 is 8.53 Å². The molecule has 5 heteroatoms. The normalized spacial score (nSPS) is 14.1. The van der Waals surface area contributed by atoms with E-state index >= 15 is 0 Å². The van der Waals surface area contributed by atoms with E-state index in [0.717, 1.165) is 0 Å².